The lowest BCUT2D eigenvalue weighted by molar-refractivity contribution is -0.384. The van der Waals surface area contributed by atoms with Crippen LogP contribution in [0.3, 0.4) is 0 Å². The van der Waals surface area contributed by atoms with Gasteiger partial charge in [0.2, 0.25) is 0 Å². The number of hydrogen-bond acceptors (Lipinski definition) is 6. The SMILES string of the molecule is Cc1cccc(CSc2nnc(CNC(=O)Nc3ccc(F)cc3F)n2-c2ccc([N+](=O)[O-])cc2)c1. The van der Waals surface area contributed by atoms with Gasteiger partial charge in [-0.05, 0) is 36.8 Å². The molecule has 0 unspecified atom stereocenters. The number of aryl methyl sites for hydroxylation is 1. The summed E-state index contributed by atoms with van der Waals surface area (Å²) in [6.45, 7) is 1.92. The number of carbonyl (C=O) groups is 1. The fraction of sp³-hybridized carbons (Fsp3) is 0.125. The maximum absolute atomic E-state index is 13.8. The van der Waals surface area contributed by atoms with Crippen LogP contribution in [0.25, 0.3) is 5.69 Å². The molecule has 3 aromatic carbocycles. The van der Waals surface area contributed by atoms with E-state index in [1.54, 1.807) is 16.7 Å². The molecular weight excluding hydrogens is 490 g/mol. The van der Waals surface area contributed by atoms with Crippen LogP contribution in [-0.2, 0) is 12.3 Å². The first-order valence-electron chi connectivity index (χ1n) is 10.7. The monoisotopic (exact) mass is 510 g/mol. The molecule has 1 aromatic heterocycles. The lowest BCUT2D eigenvalue weighted by atomic mass is 10.2. The normalized spacial score (nSPS) is 10.8. The Bertz CT molecular complexity index is 1410. The molecule has 0 saturated heterocycles. The summed E-state index contributed by atoms with van der Waals surface area (Å²) in [5.41, 5.74) is 2.53. The molecule has 36 heavy (non-hydrogen) atoms. The standard InChI is InChI=1S/C24H20F2N6O3S/c1-15-3-2-4-16(11-15)14-36-24-30-29-22(31(24)18-6-8-19(9-7-18)32(34)35)13-27-23(33)28-21-10-5-17(25)12-20(21)26/h2-12H,13-14H2,1H3,(H2,27,28,33). The molecule has 0 aliphatic heterocycles. The maximum atomic E-state index is 13.8. The molecule has 0 saturated carbocycles. The summed E-state index contributed by atoms with van der Waals surface area (Å²) in [5, 5.41) is 24.9. The molecule has 9 nitrogen and oxygen atoms in total. The van der Waals surface area contributed by atoms with E-state index in [0.29, 0.717) is 28.5 Å². The topological polar surface area (TPSA) is 115 Å². The van der Waals surface area contributed by atoms with Crippen LogP contribution in [0, 0.1) is 28.7 Å². The number of non-ortho nitro benzene ring substituents is 1. The van der Waals surface area contributed by atoms with Crippen molar-refractivity contribution in [3.8, 4) is 5.69 Å². The van der Waals surface area contributed by atoms with Gasteiger partial charge in [-0.2, -0.15) is 0 Å². The fourth-order valence-corrected chi connectivity index (χ4v) is 4.27. The number of halogens is 2. The fourth-order valence-electron chi connectivity index (χ4n) is 3.36. The summed E-state index contributed by atoms with van der Waals surface area (Å²) in [5.74, 6) is -0.713. The van der Waals surface area contributed by atoms with Crippen molar-refractivity contribution in [3.05, 3.63) is 105 Å². The Morgan fingerprint density at radius 2 is 1.86 bits per heavy atom. The number of thioether (sulfide) groups is 1. The summed E-state index contributed by atoms with van der Waals surface area (Å²) in [6.07, 6.45) is 0. The highest BCUT2D eigenvalue weighted by Crippen LogP contribution is 2.27. The van der Waals surface area contributed by atoms with Crippen LogP contribution in [0.4, 0.5) is 25.0 Å². The van der Waals surface area contributed by atoms with Crippen molar-refractivity contribution in [1.82, 2.24) is 20.1 Å². The van der Waals surface area contributed by atoms with Crippen LogP contribution < -0.4 is 10.6 Å². The van der Waals surface area contributed by atoms with E-state index in [4.69, 9.17) is 0 Å². The van der Waals surface area contributed by atoms with Crippen molar-refractivity contribution in [1.29, 1.82) is 0 Å². The van der Waals surface area contributed by atoms with E-state index in [1.807, 2.05) is 25.1 Å². The molecule has 0 bridgehead atoms. The predicted molar refractivity (Wildman–Crippen MR) is 131 cm³/mol. The second-order valence-electron chi connectivity index (χ2n) is 7.72. The van der Waals surface area contributed by atoms with Crippen LogP contribution in [0.5, 0.6) is 0 Å². The van der Waals surface area contributed by atoms with Crippen LogP contribution in [0.15, 0.2) is 71.9 Å². The first-order chi connectivity index (χ1) is 17.3. The van der Waals surface area contributed by atoms with Crippen LogP contribution in [0.1, 0.15) is 17.0 Å². The van der Waals surface area contributed by atoms with E-state index in [9.17, 15) is 23.7 Å². The minimum absolute atomic E-state index is 0.0684. The zero-order valence-corrected chi connectivity index (χ0v) is 19.8. The van der Waals surface area contributed by atoms with Crippen molar-refractivity contribution in [2.75, 3.05) is 5.32 Å². The number of carbonyl (C=O) groups excluding carboxylic acids is 1. The van der Waals surface area contributed by atoms with E-state index in [0.717, 1.165) is 23.3 Å². The Hall–Kier alpha value is -4.32. The number of nitro groups is 1. The summed E-state index contributed by atoms with van der Waals surface area (Å²) in [4.78, 5) is 22.9. The van der Waals surface area contributed by atoms with Crippen LogP contribution in [-0.4, -0.2) is 25.7 Å². The average molecular weight is 511 g/mol. The van der Waals surface area contributed by atoms with E-state index < -0.39 is 22.6 Å². The van der Waals surface area contributed by atoms with Crippen LogP contribution >= 0.6 is 11.8 Å². The Morgan fingerprint density at radius 1 is 1.08 bits per heavy atom. The third-order valence-electron chi connectivity index (χ3n) is 5.06. The van der Waals surface area contributed by atoms with Crippen molar-refractivity contribution < 1.29 is 18.5 Å². The lowest BCUT2D eigenvalue weighted by Gasteiger charge is -2.12. The summed E-state index contributed by atoms with van der Waals surface area (Å²) >= 11 is 1.42. The molecule has 12 heteroatoms. The number of nitrogens with one attached hydrogen (secondary N) is 2. The van der Waals surface area contributed by atoms with E-state index in [2.05, 4.69) is 26.9 Å². The van der Waals surface area contributed by atoms with Crippen molar-refractivity contribution in [2.24, 2.45) is 0 Å². The molecule has 184 valence electrons. The molecule has 2 N–H and O–H groups in total. The number of benzene rings is 3. The molecule has 0 aliphatic carbocycles. The average Bonchev–Trinajstić information content (AvgIpc) is 3.26. The van der Waals surface area contributed by atoms with Gasteiger partial charge in [0.1, 0.15) is 11.6 Å². The van der Waals surface area contributed by atoms with Gasteiger partial charge in [-0.25, -0.2) is 13.6 Å². The Kier molecular flexibility index (Phi) is 7.54. The minimum atomic E-state index is -0.908. The number of nitrogens with zero attached hydrogens (tertiary/aromatic N) is 4. The van der Waals surface area contributed by atoms with Gasteiger partial charge >= 0.3 is 6.03 Å². The highest BCUT2D eigenvalue weighted by molar-refractivity contribution is 7.98. The van der Waals surface area contributed by atoms with Crippen molar-refractivity contribution in [3.63, 3.8) is 0 Å². The first kappa shape index (κ1) is 24.8. The molecule has 0 atom stereocenters. The van der Waals surface area contributed by atoms with E-state index >= 15 is 0 Å². The molecule has 0 aliphatic rings. The number of nitro benzene ring substituents is 1. The number of rotatable bonds is 8. The van der Waals surface area contributed by atoms with Gasteiger partial charge in [0.15, 0.2) is 11.0 Å². The number of urea groups is 1. The summed E-state index contributed by atoms with van der Waals surface area (Å²) in [7, 11) is 0. The number of aromatic nitrogens is 3. The van der Waals surface area contributed by atoms with Gasteiger partial charge in [0, 0.05) is 29.6 Å². The molecule has 0 spiro atoms. The molecular formula is C24H20F2N6O3S. The van der Waals surface area contributed by atoms with Gasteiger partial charge < -0.3 is 10.6 Å². The zero-order chi connectivity index (χ0) is 25.7. The minimum Gasteiger partial charge on any atom is -0.331 e. The van der Waals surface area contributed by atoms with Crippen molar-refractivity contribution >= 4 is 29.2 Å². The van der Waals surface area contributed by atoms with E-state index in [-0.39, 0.29) is 17.9 Å². The molecule has 4 aromatic rings. The van der Waals surface area contributed by atoms with Crippen molar-refractivity contribution in [2.45, 2.75) is 24.4 Å². The van der Waals surface area contributed by atoms with E-state index in [1.165, 1.54) is 23.9 Å². The second kappa shape index (κ2) is 11.0. The smallest absolute Gasteiger partial charge is 0.319 e. The van der Waals surface area contributed by atoms with Gasteiger partial charge in [0.05, 0.1) is 17.2 Å². The van der Waals surface area contributed by atoms with Gasteiger partial charge in [-0.1, -0.05) is 41.6 Å². The highest BCUT2D eigenvalue weighted by atomic mass is 32.2. The quantitative estimate of drug-likeness (QED) is 0.187. The van der Waals surface area contributed by atoms with Gasteiger partial charge in [-0.15, -0.1) is 10.2 Å². The molecule has 4 rings (SSSR count). The Labute approximate surface area is 208 Å². The number of hydrogen-bond donors (Lipinski definition) is 2. The third kappa shape index (κ3) is 6.02. The Balaban J connectivity index is 1.54. The zero-order valence-electron chi connectivity index (χ0n) is 18.9. The first-order valence-corrected chi connectivity index (χ1v) is 11.7. The molecule has 0 radical (unpaired) electrons. The number of anilines is 1. The molecule has 2 amide bonds. The largest absolute Gasteiger partial charge is 0.331 e. The lowest BCUT2D eigenvalue weighted by Crippen LogP contribution is -2.29. The second-order valence-corrected chi connectivity index (χ2v) is 8.66. The third-order valence-corrected chi connectivity index (χ3v) is 6.06. The van der Waals surface area contributed by atoms with Gasteiger partial charge in [-0.3, -0.25) is 14.7 Å². The Morgan fingerprint density at radius 3 is 2.56 bits per heavy atom. The maximum Gasteiger partial charge on any atom is 0.319 e. The summed E-state index contributed by atoms with van der Waals surface area (Å²) < 4.78 is 28.6. The van der Waals surface area contributed by atoms with Crippen LogP contribution in [0.2, 0.25) is 0 Å². The summed E-state index contributed by atoms with van der Waals surface area (Å²) in [6, 6.07) is 16.0. The van der Waals surface area contributed by atoms with Gasteiger partial charge in [0.25, 0.3) is 5.69 Å². The molecule has 0 fully saturated rings. The number of amides is 2. The predicted octanol–water partition coefficient (Wildman–Crippen LogP) is 5.38. The molecule has 1 heterocycles. The highest BCUT2D eigenvalue weighted by Gasteiger charge is 2.17.